The summed E-state index contributed by atoms with van der Waals surface area (Å²) in [4.78, 5) is 19.0. The average molecular weight is 336 g/mol. The fraction of sp³-hybridized carbons (Fsp3) is 0.267. The van der Waals surface area contributed by atoms with Crippen molar-refractivity contribution < 1.29 is 13.6 Å². The van der Waals surface area contributed by atoms with E-state index >= 15 is 0 Å². The van der Waals surface area contributed by atoms with Crippen molar-refractivity contribution >= 4 is 23.4 Å². The molecule has 24 heavy (non-hydrogen) atoms. The normalized spacial score (nSPS) is 10.3. The van der Waals surface area contributed by atoms with Gasteiger partial charge in [-0.05, 0) is 17.7 Å². The Hall–Kier alpha value is -2.97. The van der Waals surface area contributed by atoms with E-state index in [4.69, 9.17) is 5.73 Å². The Morgan fingerprint density at radius 2 is 2.00 bits per heavy atom. The molecule has 0 saturated carbocycles. The Bertz CT molecular complexity index is 725. The number of hydrogen-bond acceptors (Lipinski definition) is 6. The van der Waals surface area contributed by atoms with Crippen LogP contribution in [0.4, 0.5) is 26.2 Å². The summed E-state index contributed by atoms with van der Waals surface area (Å²) in [6.07, 6.45) is 1.43. The molecule has 1 aromatic heterocycles. The number of amides is 1. The van der Waals surface area contributed by atoms with Gasteiger partial charge in [-0.3, -0.25) is 4.79 Å². The number of carbonyl (C=O) groups is 1. The van der Waals surface area contributed by atoms with Crippen LogP contribution in [0.25, 0.3) is 0 Å². The van der Waals surface area contributed by atoms with Crippen molar-refractivity contribution in [2.45, 2.75) is 13.5 Å². The first kappa shape index (κ1) is 17.4. The van der Waals surface area contributed by atoms with E-state index in [9.17, 15) is 13.6 Å². The molecule has 0 bridgehead atoms. The highest BCUT2D eigenvalue weighted by atomic mass is 19.2. The van der Waals surface area contributed by atoms with Crippen LogP contribution < -0.4 is 21.7 Å². The number of nitrogen functional groups attached to an aromatic ring is 1. The van der Waals surface area contributed by atoms with Gasteiger partial charge in [0.05, 0.1) is 11.9 Å². The van der Waals surface area contributed by atoms with Crippen molar-refractivity contribution in [2.24, 2.45) is 0 Å². The lowest BCUT2D eigenvalue weighted by atomic mass is 10.2. The topological polar surface area (TPSA) is 105 Å². The zero-order valence-electron chi connectivity index (χ0n) is 13.1. The summed E-state index contributed by atoms with van der Waals surface area (Å²) < 4.78 is 26.0. The van der Waals surface area contributed by atoms with Gasteiger partial charge >= 0.3 is 0 Å². The maximum absolute atomic E-state index is 13.2. The molecule has 0 saturated heterocycles. The van der Waals surface area contributed by atoms with Gasteiger partial charge in [0.2, 0.25) is 11.9 Å². The van der Waals surface area contributed by atoms with Gasteiger partial charge in [-0.15, -0.1) is 0 Å². The summed E-state index contributed by atoms with van der Waals surface area (Å²) >= 11 is 0. The first-order chi connectivity index (χ1) is 11.5. The molecule has 0 unspecified atom stereocenters. The van der Waals surface area contributed by atoms with E-state index < -0.39 is 11.6 Å². The number of nitrogens with two attached hydrogens (primary N) is 1. The van der Waals surface area contributed by atoms with Crippen molar-refractivity contribution in [3.63, 3.8) is 0 Å². The Morgan fingerprint density at radius 3 is 2.71 bits per heavy atom. The van der Waals surface area contributed by atoms with E-state index in [-0.39, 0.29) is 18.4 Å². The first-order valence-electron chi connectivity index (χ1n) is 7.24. The van der Waals surface area contributed by atoms with Crippen molar-refractivity contribution in [3.8, 4) is 0 Å². The van der Waals surface area contributed by atoms with Crippen molar-refractivity contribution in [2.75, 3.05) is 29.5 Å². The molecule has 0 spiro atoms. The average Bonchev–Trinajstić information content (AvgIpc) is 2.54. The molecule has 2 rings (SSSR count). The van der Waals surface area contributed by atoms with Crippen LogP contribution in [-0.4, -0.2) is 29.0 Å². The van der Waals surface area contributed by atoms with E-state index in [1.54, 1.807) is 0 Å². The maximum Gasteiger partial charge on any atom is 0.225 e. The summed E-state index contributed by atoms with van der Waals surface area (Å²) in [7, 11) is 0. The molecule has 1 aromatic carbocycles. The van der Waals surface area contributed by atoms with Crippen LogP contribution in [-0.2, 0) is 11.3 Å². The monoisotopic (exact) mass is 336 g/mol. The number of anilines is 3. The number of nitrogens with one attached hydrogen (secondary N) is 3. The minimum Gasteiger partial charge on any atom is -0.394 e. The van der Waals surface area contributed by atoms with E-state index in [1.165, 1.54) is 19.2 Å². The molecule has 1 amide bonds. The Kier molecular flexibility index (Phi) is 5.83. The molecule has 0 atom stereocenters. The van der Waals surface area contributed by atoms with Crippen LogP contribution in [0, 0.1) is 11.6 Å². The third kappa shape index (κ3) is 5.04. The fourth-order valence-electron chi connectivity index (χ4n) is 1.87. The van der Waals surface area contributed by atoms with Crippen LogP contribution >= 0.6 is 0 Å². The zero-order chi connectivity index (χ0) is 17.5. The number of carbonyl (C=O) groups excluding carboxylic acids is 1. The molecule has 128 valence electrons. The van der Waals surface area contributed by atoms with Crippen molar-refractivity contribution in [1.82, 2.24) is 15.3 Å². The molecule has 0 fully saturated rings. The third-order valence-corrected chi connectivity index (χ3v) is 3.04. The van der Waals surface area contributed by atoms with E-state index in [0.29, 0.717) is 30.2 Å². The largest absolute Gasteiger partial charge is 0.394 e. The number of halogens is 2. The number of benzene rings is 1. The molecule has 0 aliphatic heterocycles. The van der Waals surface area contributed by atoms with Crippen molar-refractivity contribution in [1.29, 1.82) is 0 Å². The van der Waals surface area contributed by atoms with E-state index in [1.807, 2.05) is 0 Å². The van der Waals surface area contributed by atoms with Gasteiger partial charge in [0.25, 0.3) is 0 Å². The van der Waals surface area contributed by atoms with Crippen molar-refractivity contribution in [3.05, 3.63) is 41.6 Å². The van der Waals surface area contributed by atoms with Gasteiger partial charge in [0.15, 0.2) is 17.5 Å². The Labute approximate surface area is 137 Å². The molecule has 0 radical (unpaired) electrons. The second-order valence-corrected chi connectivity index (χ2v) is 5.01. The second kappa shape index (κ2) is 8.04. The third-order valence-electron chi connectivity index (χ3n) is 3.04. The van der Waals surface area contributed by atoms with Crippen LogP contribution in [0.15, 0.2) is 24.4 Å². The SMILES string of the molecule is CC(=O)NCCNc1nc(NCc2ccc(F)c(F)c2)ncc1N. The Balaban J connectivity index is 1.94. The minimum absolute atomic E-state index is 0.124. The zero-order valence-corrected chi connectivity index (χ0v) is 13.1. The van der Waals surface area contributed by atoms with E-state index in [0.717, 1.165) is 12.1 Å². The van der Waals surface area contributed by atoms with Crippen LogP contribution in [0.5, 0.6) is 0 Å². The lowest BCUT2D eigenvalue weighted by Crippen LogP contribution is -2.26. The quantitative estimate of drug-likeness (QED) is 0.571. The van der Waals surface area contributed by atoms with E-state index in [2.05, 4.69) is 25.9 Å². The Morgan fingerprint density at radius 1 is 1.21 bits per heavy atom. The summed E-state index contributed by atoms with van der Waals surface area (Å²) in [5.74, 6) is -1.22. The molecular weight excluding hydrogens is 318 g/mol. The summed E-state index contributed by atoms with van der Waals surface area (Å²) in [5.41, 5.74) is 6.69. The number of nitrogens with zero attached hydrogens (tertiary/aromatic N) is 2. The molecule has 0 aliphatic rings. The molecule has 7 nitrogen and oxygen atoms in total. The highest BCUT2D eigenvalue weighted by Crippen LogP contribution is 2.16. The molecule has 0 aliphatic carbocycles. The highest BCUT2D eigenvalue weighted by molar-refractivity contribution is 5.72. The lowest BCUT2D eigenvalue weighted by molar-refractivity contribution is -0.118. The molecule has 1 heterocycles. The molecule has 9 heteroatoms. The summed E-state index contributed by atoms with van der Waals surface area (Å²) in [6.45, 7) is 2.53. The van der Waals surface area contributed by atoms with Crippen LogP contribution in [0.3, 0.4) is 0 Å². The maximum atomic E-state index is 13.2. The van der Waals surface area contributed by atoms with Gasteiger partial charge in [0.1, 0.15) is 0 Å². The number of hydrogen-bond donors (Lipinski definition) is 4. The van der Waals surface area contributed by atoms with Gasteiger partial charge in [-0.1, -0.05) is 6.07 Å². The number of aromatic nitrogens is 2. The van der Waals surface area contributed by atoms with Gasteiger partial charge in [-0.25, -0.2) is 13.8 Å². The van der Waals surface area contributed by atoms with Gasteiger partial charge in [-0.2, -0.15) is 4.98 Å². The fourth-order valence-corrected chi connectivity index (χ4v) is 1.87. The standard InChI is InChI=1S/C15H18F2N6O/c1-9(24)19-4-5-20-14-13(18)8-22-15(23-14)21-7-10-2-3-11(16)12(17)6-10/h2-3,6,8H,4-5,7,18H2,1H3,(H,19,24)(H2,20,21,22,23). The highest BCUT2D eigenvalue weighted by Gasteiger charge is 2.06. The lowest BCUT2D eigenvalue weighted by Gasteiger charge is -2.11. The van der Waals surface area contributed by atoms with Gasteiger partial charge < -0.3 is 21.7 Å². The van der Waals surface area contributed by atoms with Crippen LogP contribution in [0.1, 0.15) is 12.5 Å². The first-order valence-corrected chi connectivity index (χ1v) is 7.24. The molecular formula is C15H18F2N6O. The van der Waals surface area contributed by atoms with Crippen LogP contribution in [0.2, 0.25) is 0 Å². The smallest absolute Gasteiger partial charge is 0.225 e. The molecule has 5 N–H and O–H groups in total. The number of rotatable bonds is 7. The second-order valence-electron chi connectivity index (χ2n) is 5.01. The minimum atomic E-state index is -0.909. The predicted octanol–water partition coefficient (Wildman–Crippen LogP) is 1.50. The summed E-state index contributed by atoms with van der Waals surface area (Å²) in [5, 5.41) is 8.53. The van der Waals surface area contributed by atoms with Gasteiger partial charge in [0, 0.05) is 26.6 Å². The summed E-state index contributed by atoms with van der Waals surface area (Å²) in [6, 6.07) is 3.63. The predicted molar refractivity (Wildman–Crippen MR) is 87.3 cm³/mol. The molecule has 2 aromatic rings.